The predicted molar refractivity (Wildman–Crippen MR) is 47.2 cm³/mol. The summed E-state index contributed by atoms with van der Waals surface area (Å²) in [4.78, 5) is 11.4. The van der Waals surface area contributed by atoms with Gasteiger partial charge in [-0.25, -0.2) is 4.79 Å². The highest BCUT2D eigenvalue weighted by molar-refractivity contribution is 5.89. The van der Waals surface area contributed by atoms with Crippen LogP contribution in [0.1, 0.15) is 20.3 Å². The van der Waals surface area contributed by atoms with Gasteiger partial charge < -0.3 is 9.47 Å². The fraction of sp³-hybridized carbons (Fsp3) is 0.700. The molecule has 0 radical (unpaired) electrons. The minimum Gasteiger partial charge on any atom is -0.463 e. The molecule has 0 aromatic rings. The van der Waals surface area contributed by atoms with Gasteiger partial charge in [0.25, 0.3) is 0 Å². The van der Waals surface area contributed by atoms with Crippen molar-refractivity contribution in [1.82, 2.24) is 0 Å². The monoisotopic (exact) mass is 182 g/mol. The number of rotatable bonds is 2. The summed E-state index contributed by atoms with van der Waals surface area (Å²) >= 11 is 0. The molecule has 1 fully saturated rings. The largest absolute Gasteiger partial charge is 0.463 e. The number of carbonyl (C=O) groups excluding carboxylic acids is 1. The van der Waals surface area contributed by atoms with Gasteiger partial charge in [0.2, 0.25) is 0 Å². The molecule has 0 N–H and O–H groups in total. The minimum absolute atomic E-state index is 0.177. The lowest BCUT2D eigenvalue weighted by Gasteiger charge is -2.14. The second kappa shape index (κ2) is 3.14. The van der Waals surface area contributed by atoms with Crippen LogP contribution in [0.15, 0.2) is 11.6 Å². The zero-order valence-electron chi connectivity index (χ0n) is 7.95. The van der Waals surface area contributed by atoms with Gasteiger partial charge in [0, 0.05) is 5.57 Å². The first-order valence-electron chi connectivity index (χ1n) is 4.75. The van der Waals surface area contributed by atoms with Crippen molar-refractivity contribution >= 4 is 5.97 Å². The van der Waals surface area contributed by atoms with E-state index in [1.165, 1.54) is 0 Å². The molecule has 1 saturated heterocycles. The number of ether oxygens (including phenoxy) is 2. The van der Waals surface area contributed by atoms with E-state index in [2.05, 4.69) is 6.92 Å². The van der Waals surface area contributed by atoms with Crippen molar-refractivity contribution in [3.63, 3.8) is 0 Å². The van der Waals surface area contributed by atoms with E-state index in [-0.39, 0.29) is 12.1 Å². The lowest BCUT2D eigenvalue weighted by Crippen LogP contribution is -2.18. The highest BCUT2D eigenvalue weighted by Gasteiger charge is 2.45. The van der Waals surface area contributed by atoms with E-state index in [9.17, 15) is 4.79 Å². The maximum Gasteiger partial charge on any atom is 0.333 e. The van der Waals surface area contributed by atoms with Crippen molar-refractivity contribution in [2.75, 3.05) is 6.61 Å². The summed E-state index contributed by atoms with van der Waals surface area (Å²) in [6.45, 7) is 4.37. The first-order valence-corrected chi connectivity index (χ1v) is 4.75. The quantitative estimate of drug-likeness (QED) is 0.477. The van der Waals surface area contributed by atoms with Gasteiger partial charge in [-0.05, 0) is 25.3 Å². The van der Waals surface area contributed by atoms with Gasteiger partial charge >= 0.3 is 5.97 Å². The van der Waals surface area contributed by atoms with E-state index in [0.29, 0.717) is 18.6 Å². The average Bonchev–Trinajstić information content (AvgIpc) is 2.84. The summed E-state index contributed by atoms with van der Waals surface area (Å²) in [6, 6.07) is 0. The van der Waals surface area contributed by atoms with E-state index in [4.69, 9.17) is 9.47 Å². The fourth-order valence-corrected chi connectivity index (χ4v) is 1.83. The van der Waals surface area contributed by atoms with Gasteiger partial charge in [-0.2, -0.15) is 0 Å². The van der Waals surface area contributed by atoms with Crippen LogP contribution >= 0.6 is 0 Å². The van der Waals surface area contributed by atoms with Gasteiger partial charge in [0.1, 0.15) is 6.10 Å². The lowest BCUT2D eigenvalue weighted by molar-refractivity contribution is -0.138. The minimum atomic E-state index is -0.177. The molecule has 0 amide bonds. The summed E-state index contributed by atoms with van der Waals surface area (Å²) in [5, 5.41) is 0. The molecule has 2 aliphatic rings. The van der Waals surface area contributed by atoms with Gasteiger partial charge in [-0.1, -0.05) is 6.92 Å². The summed E-state index contributed by atoms with van der Waals surface area (Å²) in [5.74, 6) is 0.276. The third kappa shape index (κ3) is 1.61. The molecule has 3 nitrogen and oxygen atoms in total. The van der Waals surface area contributed by atoms with Crippen LogP contribution in [-0.2, 0) is 14.3 Å². The van der Waals surface area contributed by atoms with E-state index in [0.717, 1.165) is 12.0 Å². The molecular formula is C10H14O3. The summed E-state index contributed by atoms with van der Waals surface area (Å²) in [5.41, 5.74) is 0.785. The van der Waals surface area contributed by atoms with Crippen LogP contribution in [0.4, 0.5) is 0 Å². The highest BCUT2D eigenvalue weighted by Crippen LogP contribution is 2.39. The smallest absolute Gasteiger partial charge is 0.333 e. The molecule has 0 aromatic carbocycles. The van der Waals surface area contributed by atoms with Crippen LogP contribution in [0.2, 0.25) is 0 Å². The molecule has 3 heteroatoms. The van der Waals surface area contributed by atoms with Crippen LogP contribution in [0.5, 0.6) is 0 Å². The molecule has 1 heterocycles. The van der Waals surface area contributed by atoms with Crippen LogP contribution in [-0.4, -0.2) is 24.8 Å². The number of carbonyl (C=O) groups is 1. The number of hydrogen-bond acceptors (Lipinski definition) is 3. The summed E-state index contributed by atoms with van der Waals surface area (Å²) in [6.07, 6.45) is 3.24. The Kier molecular flexibility index (Phi) is 2.12. The van der Waals surface area contributed by atoms with E-state index in [1.807, 2.05) is 13.0 Å². The maximum absolute atomic E-state index is 11.4. The molecule has 0 saturated carbocycles. The third-order valence-corrected chi connectivity index (χ3v) is 2.57. The molecule has 72 valence electrons. The molecular weight excluding hydrogens is 168 g/mol. The second-order valence-corrected chi connectivity index (χ2v) is 3.66. The van der Waals surface area contributed by atoms with E-state index >= 15 is 0 Å². The number of esters is 1. The number of hydrogen-bond donors (Lipinski definition) is 0. The molecule has 1 aliphatic heterocycles. The first kappa shape index (κ1) is 8.75. The van der Waals surface area contributed by atoms with E-state index < -0.39 is 0 Å². The Morgan fingerprint density at radius 1 is 1.77 bits per heavy atom. The van der Waals surface area contributed by atoms with Crippen molar-refractivity contribution in [1.29, 1.82) is 0 Å². The van der Waals surface area contributed by atoms with Gasteiger partial charge in [0.15, 0.2) is 0 Å². The Labute approximate surface area is 77.7 Å². The normalized spacial score (nSPS) is 36.2. The molecule has 0 aromatic heterocycles. The van der Waals surface area contributed by atoms with E-state index in [1.54, 1.807) is 0 Å². The number of fused-ring (bicyclic) bond motifs is 1. The van der Waals surface area contributed by atoms with Crippen molar-refractivity contribution < 1.29 is 14.3 Å². The Hall–Kier alpha value is -0.830. The molecule has 1 aliphatic carbocycles. The van der Waals surface area contributed by atoms with Crippen LogP contribution < -0.4 is 0 Å². The predicted octanol–water partition coefficient (Wildman–Crippen LogP) is 1.28. The van der Waals surface area contributed by atoms with Crippen LogP contribution in [0, 0.1) is 5.92 Å². The average molecular weight is 182 g/mol. The van der Waals surface area contributed by atoms with Crippen molar-refractivity contribution in [2.45, 2.75) is 32.5 Å². The Balaban J connectivity index is 2.03. The zero-order chi connectivity index (χ0) is 9.42. The standard InChI is InChI=1S/C10H14O3/c1-3-12-10(11)7-4-6(2)9-8(5-7)13-9/h5-6,8-9H,3-4H2,1-2H3/t6-,8-,9+/m1/s1. The second-order valence-electron chi connectivity index (χ2n) is 3.66. The molecule has 13 heavy (non-hydrogen) atoms. The Morgan fingerprint density at radius 3 is 3.15 bits per heavy atom. The van der Waals surface area contributed by atoms with Gasteiger partial charge in [-0.15, -0.1) is 0 Å². The Morgan fingerprint density at radius 2 is 2.54 bits per heavy atom. The number of epoxide rings is 1. The van der Waals surface area contributed by atoms with Crippen molar-refractivity contribution in [3.8, 4) is 0 Å². The highest BCUT2D eigenvalue weighted by atomic mass is 16.6. The topological polar surface area (TPSA) is 38.8 Å². The Bertz CT molecular complexity index is 257. The molecule has 3 atom stereocenters. The van der Waals surface area contributed by atoms with Gasteiger partial charge in [0.05, 0.1) is 12.7 Å². The van der Waals surface area contributed by atoms with Crippen LogP contribution in [0.25, 0.3) is 0 Å². The van der Waals surface area contributed by atoms with Crippen LogP contribution in [0.3, 0.4) is 0 Å². The third-order valence-electron chi connectivity index (χ3n) is 2.57. The van der Waals surface area contributed by atoms with Crippen molar-refractivity contribution in [2.24, 2.45) is 5.92 Å². The molecule has 2 rings (SSSR count). The van der Waals surface area contributed by atoms with Crippen molar-refractivity contribution in [3.05, 3.63) is 11.6 Å². The maximum atomic E-state index is 11.4. The summed E-state index contributed by atoms with van der Waals surface area (Å²) in [7, 11) is 0. The molecule has 0 spiro atoms. The fourth-order valence-electron chi connectivity index (χ4n) is 1.83. The lowest BCUT2D eigenvalue weighted by atomic mass is 9.90. The van der Waals surface area contributed by atoms with Gasteiger partial charge in [-0.3, -0.25) is 0 Å². The SMILES string of the molecule is CCOC(=O)C1=C[C@H]2O[C@H]2[C@H](C)C1. The summed E-state index contributed by atoms with van der Waals surface area (Å²) < 4.78 is 10.3. The molecule has 0 bridgehead atoms. The zero-order valence-corrected chi connectivity index (χ0v) is 7.95. The molecule has 0 unspecified atom stereocenters. The first-order chi connectivity index (χ1) is 6.22.